The SMILES string of the molecule is CC(=C=Nc1ccccc1[C@H](C)N=C(c1ccccc1)c1ccccc1)c1ccccc1. The van der Waals surface area contributed by atoms with Crippen molar-refractivity contribution >= 4 is 22.8 Å². The molecule has 0 bridgehead atoms. The Morgan fingerprint density at radius 3 is 1.66 bits per heavy atom. The molecule has 2 nitrogen and oxygen atoms in total. The van der Waals surface area contributed by atoms with Crippen molar-refractivity contribution < 1.29 is 0 Å². The van der Waals surface area contributed by atoms with E-state index in [1.165, 1.54) is 0 Å². The van der Waals surface area contributed by atoms with E-state index in [9.17, 15) is 0 Å². The van der Waals surface area contributed by atoms with Gasteiger partial charge < -0.3 is 0 Å². The van der Waals surface area contributed by atoms with Crippen LogP contribution in [0, 0.1) is 0 Å². The third kappa shape index (κ3) is 5.18. The highest BCUT2D eigenvalue weighted by Crippen LogP contribution is 2.29. The van der Waals surface area contributed by atoms with Crippen molar-refractivity contribution in [2.24, 2.45) is 9.98 Å². The maximum atomic E-state index is 5.16. The van der Waals surface area contributed by atoms with E-state index >= 15 is 0 Å². The summed E-state index contributed by atoms with van der Waals surface area (Å²) in [5.74, 6) is 3.22. The molecule has 2 heteroatoms. The van der Waals surface area contributed by atoms with Crippen molar-refractivity contribution in [3.05, 3.63) is 138 Å². The molecule has 4 aromatic carbocycles. The van der Waals surface area contributed by atoms with E-state index in [1.807, 2.05) is 79.7 Å². The number of aliphatic imine (C=N–C) groups is 2. The molecule has 0 aliphatic carbocycles. The zero-order chi connectivity index (χ0) is 22.2. The van der Waals surface area contributed by atoms with Crippen LogP contribution in [-0.2, 0) is 0 Å². The molecule has 0 aromatic heterocycles. The van der Waals surface area contributed by atoms with E-state index < -0.39 is 0 Å². The highest BCUT2D eigenvalue weighted by atomic mass is 14.8. The van der Waals surface area contributed by atoms with Gasteiger partial charge in [0.15, 0.2) is 0 Å². The van der Waals surface area contributed by atoms with Crippen molar-refractivity contribution in [1.82, 2.24) is 0 Å². The molecule has 0 heterocycles. The number of hydrogen-bond donors (Lipinski definition) is 0. The normalized spacial score (nSPS) is 11.2. The summed E-state index contributed by atoms with van der Waals surface area (Å²) in [5.41, 5.74) is 7.27. The molecule has 4 aromatic rings. The highest BCUT2D eigenvalue weighted by Gasteiger charge is 2.13. The molecule has 0 N–H and O–H groups in total. The van der Waals surface area contributed by atoms with Gasteiger partial charge in [0.2, 0.25) is 0 Å². The zero-order valence-corrected chi connectivity index (χ0v) is 18.4. The number of hydrogen-bond acceptors (Lipinski definition) is 2. The fourth-order valence-corrected chi connectivity index (χ4v) is 3.61. The summed E-state index contributed by atoms with van der Waals surface area (Å²) in [6, 6.07) is 39.0. The molecule has 0 spiro atoms. The zero-order valence-electron chi connectivity index (χ0n) is 18.4. The van der Waals surface area contributed by atoms with E-state index in [0.717, 1.165) is 39.2 Å². The van der Waals surface area contributed by atoms with E-state index in [1.54, 1.807) is 0 Å². The van der Waals surface area contributed by atoms with Crippen molar-refractivity contribution in [3.8, 4) is 0 Å². The Hall–Kier alpha value is -4.00. The summed E-state index contributed by atoms with van der Waals surface area (Å²) in [5, 5.41) is 0. The van der Waals surface area contributed by atoms with E-state index in [4.69, 9.17) is 9.98 Å². The third-order valence-corrected chi connectivity index (χ3v) is 5.35. The first-order chi connectivity index (χ1) is 15.7. The van der Waals surface area contributed by atoms with Crippen molar-refractivity contribution in [2.75, 3.05) is 0 Å². The Morgan fingerprint density at radius 1 is 0.625 bits per heavy atom. The molecule has 0 amide bonds. The molecule has 0 unspecified atom stereocenters. The van der Waals surface area contributed by atoms with Crippen LogP contribution in [0.1, 0.15) is 42.1 Å². The lowest BCUT2D eigenvalue weighted by molar-refractivity contribution is 0.821. The Bertz CT molecular complexity index is 1210. The van der Waals surface area contributed by atoms with Crippen molar-refractivity contribution in [3.63, 3.8) is 0 Å². The average molecular weight is 415 g/mol. The molecular formula is C30H26N2. The minimum Gasteiger partial charge on any atom is -0.276 e. The standard InChI is InChI=1S/C30H26N2/c1-23(25-14-6-3-7-15-25)22-31-29-21-13-12-20-28(29)24(2)32-30(26-16-8-4-9-17-26)27-18-10-5-11-19-27/h3-21,24H,1-2H3/t24-/m0/s1. The molecule has 0 radical (unpaired) electrons. The predicted octanol–water partition coefficient (Wildman–Crippen LogP) is 7.69. The van der Waals surface area contributed by atoms with Crippen LogP contribution >= 0.6 is 0 Å². The van der Waals surface area contributed by atoms with E-state index in [0.29, 0.717) is 0 Å². The second-order valence-electron chi connectivity index (χ2n) is 7.66. The minimum atomic E-state index is -0.0656. The number of allylic oxidation sites excluding steroid dienone is 1. The van der Waals surface area contributed by atoms with Crippen molar-refractivity contribution in [2.45, 2.75) is 19.9 Å². The number of para-hydroxylation sites is 1. The molecule has 0 aliphatic rings. The van der Waals surface area contributed by atoms with Crippen LogP contribution in [0.4, 0.5) is 5.69 Å². The summed E-state index contributed by atoms with van der Waals surface area (Å²) in [6.45, 7) is 4.15. The number of nitrogens with zero attached hydrogens (tertiary/aromatic N) is 2. The molecule has 156 valence electrons. The van der Waals surface area contributed by atoms with Gasteiger partial charge in [0, 0.05) is 22.3 Å². The summed E-state index contributed by atoms with van der Waals surface area (Å²) < 4.78 is 0. The summed E-state index contributed by atoms with van der Waals surface area (Å²) in [4.78, 5) is 9.86. The molecule has 32 heavy (non-hydrogen) atoms. The summed E-state index contributed by atoms with van der Waals surface area (Å²) in [6.07, 6.45) is 0. The Kier molecular flexibility index (Phi) is 6.87. The van der Waals surface area contributed by atoms with Gasteiger partial charge >= 0.3 is 0 Å². The van der Waals surface area contributed by atoms with Crippen LogP contribution in [0.3, 0.4) is 0 Å². The van der Waals surface area contributed by atoms with Crippen LogP contribution in [0.2, 0.25) is 0 Å². The van der Waals surface area contributed by atoms with Gasteiger partial charge in [-0.3, -0.25) is 4.99 Å². The Morgan fingerprint density at radius 2 is 1.09 bits per heavy atom. The van der Waals surface area contributed by atoms with Gasteiger partial charge in [0.25, 0.3) is 0 Å². The highest BCUT2D eigenvalue weighted by molar-refractivity contribution is 6.13. The van der Waals surface area contributed by atoms with Gasteiger partial charge in [-0.1, -0.05) is 109 Å². The van der Waals surface area contributed by atoms with E-state index in [2.05, 4.69) is 55.3 Å². The lowest BCUT2D eigenvalue weighted by atomic mass is 10.0. The van der Waals surface area contributed by atoms with Gasteiger partial charge in [-0.25, -0.2) is 4.99 Å². The molecule has 0 saturated heterocycles. The lowest BCUT2D eigenvalue weighted by Crippen LogP contribution is -2.06. The maximum Gasteiger partial charge on any atom is 0.0783 e. The quantitative estimate of drug-likeness (QED) is 0.289. The molecule has 1 atom stereocenters. The Balaban J connectivity index is 1.74. The topological polar surface area (TPSA) is 24.7 Å². The van der Waals surface area contributed by atoms with Gasteiger partial charge in [-0.15, -0.1) is 0 Å². The lowest BCUT2D eigenvalue weighted by Gasteiger charge is -2.14. The number of benzene rings is 4. The van der Waals surface area contributed by atoms with Gasteiger partial charge in [-0.05, 0) is 31.3 Å². The molecule has 0 saturated carbocycles. The van der Waals surface area contributed by atoms with Crippen LogP contribution in [0.15, 0.2) is 125 Å². The van der Waals surface area contributed by atoms with Crippen LogP contribution in [-0.4, -0.2) is 11.6 Å². The minimum absolute atomic E-state index is 0.0656. The van der Waals surface area contributed by atoms with Gasteiger partial charge in [0.1, 0.15) is 0 Å². The monoisotopic (exact) mass is 414 g/mol. The fourth-order valence-electron chi connectivity index (χ4n) is 3.61. The summed E-state index contributed by atoms with van der Waals surface area (Å²) in [7, 11) is 0. The van der Waals surface area contributed by atoms with Crippen molar-refractivity contribution in [1.29, 1.82) is 0 Å². The van der Waals surface area contributed by atoms with Gasteiger partial charge in [0.05, 0.1) is 17.4 Å². The Labute approximate surface area is 190 Å². The van der Waals surface area contributed by atoms with E-state index in [-0.39, 0.29) is 6.04 Å². The predicted molar refractivity (Wildman–Crippen MR) is 136 cm³/mol. The molecule has 0 aliphatic heterocycles. The van der Waals surface area contributed by atoms with Crippen LogP contribution < -0.4 is 0 Å². The molecular weight excluding hydrogens is 388 g/mol. The third-order valence-electron chi connectivity index (χ3n) is 5.35. The second kappa shape index (κ2) is 10.3. The van der Waals surface area contributed by atoms with Crippen LogP contribution in [0.25, 0.3) is 5.57 Å². The average Bonchev–Trinajstić information content (AvgIpc) is 2.87. The smallest absolute Gasteiger partial charge is 0.0783 e. The second-order valence-corrected chi connectivity index (χ2v) is 7.66. The largest absolute Gasteiger partial charge is 0.276 e. The van der Waals surface area contributed by atoms with Gasteiger partial charge in [-0.2, -0.15) is 0 Å². The fraction of sp³-hybridized carbons (Fsp3) is 0.100. The first-order valence-corrected chi connectivity index (χ1v) is 10.9. The maximum absolute atomic E-state index is 5.16. The molecule has 0 fully saturated rings. The van der Waals surface area contributed by atoms with Crippen LogP contribution in [0.5, 0.6) is 0 Å². The first kappa shape index (κ1) is 21.2. The first-order valence-electron chi connectivity index (χ1n) is 10.9. The molecule has 4 rings (SSSR count). The summed E-state index contributed by atoms with van der Waals surface area (Å²) >= 11 is 0. The number of rotatable bonds is 6.